The maximum absolute atomic E-state index is 11.7. The van der Waals surface area contributed by atoms with E-state index < -0.39 is 5.97 Å². The van der Waals surface area contributed by atoms with E-state index in [1.54, 1.807) is 12.1 Å². The van der Waals surface area contributed by atoms with E-state index in [0.29, 0.717) is 23.3 Å². The number of esters is 1. The summed E-state index contributed by atoms with van der Waals surface area (Å²) < 4.78 is 11.3. The lowest BCUT2D eigenvalue weighted by Gasteiger charge is -2.11. The molecule has 1 heterocycles. The van der Waals surface area contributed by atoms with Crippen molar-refractivity contribution in [3.05, 3.63) is 64.3 Å². The van der Waals surface area contributed by atoms with Crippen LogP contribution in [0, 0.1) is 0 Å². The van der Waals surface area contributed by atoms with Crippen LogP contribution in [0.5, 0.6) is 11.5 Å². The molecule has 5 nitrogen and oxygen atoms in total. The zero-order valence-electron chi connectivity index (χ0n) is 12.8. The minimum atomic E-state index is -0.621. The van der Waals surface area contributed by atoms with Gasteiger partial charge in [-0.15, -0.1) is 0 Å². The Morgan fingerprint density at radius 1 is 1.21 bits per heavy atom. The summed E-state index contributed by atoms with van der Waals surface area (Å²) in [4.78, 5) is 16.0. The first-order valence-corrected chi connectivity index (χ1v) is 7.96. The summed E-state index contributed by atoms with van der Waals surface area (Å²) in [5.41, 5.74) is 1.42. The van der Waals surface area contributed by atoms with Crippen molar-refractivity contribution >= 4 is 32.8 Å². The van der Waals surface area contributed by atoms with Crippen molar-refractivity contribution < 1.29 is 19.4 Å². The van der Waals surface area contributed by atoms with Gasteiger partial charge >= 0.3 is 5.97 Å². The fraction of sp³-hybridized carbons (Fsp3) is 0.111. The summed E-state index contributed by atoms with van der Waals surface area (Å²) in [6.45, 7) is 0.345. The van der Waals surface area contributed by atoms with E-state index in [-0.39, 0.29) is 11.4 Å². The van der Waals surface area contributed by atoms with E-state index in [1.807, 2.05) is 30.3 Å². The number of nitrogens with zero attached hydrogens (tertiary/aromatic N) is 1. The number of methoxy groups -OCH3 is 1. The van der Waals surface area contributed by atoms with Gasteiger partial charge in [0.05, 0.1) is 7.11 Å². The van der Waals surface area contributed by atoms with E-state index in [9.17, 15) is 9.90 Å². The van der Waals surface area contributed by atoms with Gasteiger partial charge in [-0.1, -0.05) is 46.3 Å². The molecule has 0 aliphatic heterocycles. The maximum atomic E-state index is 11.7. The van der Waals surface area contributed by atoms with Crippen LogP contribution in [0.1, 0.15) is 16.1 Å². The number of fused-ring (bicyclic) bond motifs is 1. The molecule has 0 saturated carbocycles. The number of hydrogen-bond donors (Lipinski definition) is 1. The molecule has 2 aromatic carbocycles. The summed E-state index contributed by atoms with van der Waals surface area (Å²) >= 11 is 3.39. The summed E-state index contributed by atoms with van der Waals surface area (Å²) in [6, 6.07) is 14.4. The predicted molar refractivity (Wildman–Crippen MR) is 93.2 cm³/mol. The van der Waals surface area contributed by atoms with Gasteiger partial charge in [0.1, 0.15) is 23.6 Å². The number of benzene rings is 2. The summed E-state index contributed by atoms with van der Waals surface area (Å²) in [5, 5.41) is 10.7. The number of carbonyl (C=O) groups excluding carboxylic acids is 1. The zero-order valence-corrected chi connectivity index (χ0v) is 14.4. The van der Waals surface area contributed by atoms with Gasteiger partial charge in [0.2, 0.25) is 0 Å². The number of pyridine rings is 1. The van der Waals surface area contributed by atoms with Gasteiger partial charge in [-0.3, -0.25) is 0 Å². The maximum Gasteiger partial charge on any atom is 0.356 e. The Hall–Kier alpha value is -2.60. The molecule has 24 heavy (non-hydrogen) atoms. The minimum Gasteiger partial charge on any atom is -0.507 e. The Bertz CT molecular complexity index is 896. The molecule has 1 aromatic heterocycles. The monoisotopic (exact) mass is 387 g/mol. The predicted octanol–water partition coefficient (Wildman–Crippen LogP) is 4.07. The summed E-state index contributed by atoms with van der Waals surface area (Å²) in [5.74, 6) is -0.223. The van der Waals surface area contributed by atoms with Crippen LogP contribution in [0.2, 0.25) is 0 Å². The van der Waals surface area contributed by atoms with E-state index in [0.717, 1.165) is 10.0 Å². The topological polar surface area (TPSA) is 68.7 Å². The molecule has 6 heteroatoms. The molecule has 0 saturated heterocycles. The van der Waals surface area contributed by atoms with E-state index in [2.05, 4.69) is 25.7 Å². The Kier molecular flexibility index (Phi) is 4.66. The largest absolute Gasteiger partial charge is 0.507 e. The lowest BCUT2D eigenvalue weighted by Crippen LogP contribution is -2.05. The van der Waals surface area contributed by atoms with Crippen LogP contribution in [0.3, 0.4) is 0 Å². The molecule has 1 N–H and O–H groups in total. The highest BCUT2D eigenvalue weighted by Gasteiger charge is 2.16. The number of halogens is 1. The van der Waals surface area contributed by atoms with E-state index in [1.165, 1.54) is 13.2 Å². The first-order valence-electron chi connectivity index (χ1n) is 7.17. The highest BCUT2D eigenvalue weighted by atomic mass is 79.9. The molecule has 3 rings (SSSR count). The smallest absolute Gasteiger partial charge is 0.356 e. The van der Waals surface area contributed by atoms with Crippen LogP contribution in [-0.2, 0) is 11.3 Å². The average molecular weight is 388 g/mol. The SMILES string of the molecule is COC(=O)c1cc(O)c2cc(Br)cc(OCc3ccccc3)c2n1. The lowest BCUT2D eigenvalue weighted by molar-refractivity contribution is 0.0594. The molecule has 0 unspecified atom stereocenters. The van der Waals surface area contributed by atoms with E-state index in [4.69, 9.17) is 4.74 Å². The molecule has 0 spiro atoms. The molecule has 122 valence electrons. The van der Waals surface area contributed by atoms with E-state index >= 15 is 0 Å². The highest BCUT2D eigenvalue weighted by molar-refractivity contribution is 9.10. The third-order valence-electron chi connectivity index (χ3n) is 3.45. The van der Waals surface area contributed by atoms with Crippen LogP contribution in [0.4, 0.5) is 0 Å². The van der Waals surface area contributed by atoms with Crippen LogP contribution in [0.15, 0.2) is 53.0 Å². The van der Waals surface area contributed by atoms with Gasteiger partial charge < -0.3 is 14.6 Å². The average Bonchev–Trinajstić information content (AvgIpc) is 2.60. The van der Waals surface area contributed by atoms with Crippen LogP contribution < -0.4 is 4.74 Å². The first kappa shape index (κ1) is 16.3. The minimum absolute atomic E-state index is 0.0226. The summed E-state index contributed by atoms with van der Waals surface area (Å²) in [6.07, 6.45) is 0. The Balaban J connectivity index is 2.05. The van der Waals surface area contributed by atoms with Crippen molar-refractivity contribution in [3.8, 4) is 11.5 Å². The Labute approximate surface area is 147 Å². The molecule has 0 atom stereocenters. The highest BCUT2D eigenvalue weighted by Crippen LogP contribution is 2.34. The second-order valence-corrected chi connectivity index (χ2v) is 6.01. The quantitative estimate of drug-likeness (QED) is 0.683. The number of aromatic hydroxyl groups is 1. The van der Waals surface area contributed by atoms with Crippen molar-refractivity contribution in [1.29, 1.82) is 0 Å². The molecule has 0 amide bonds. The number of hydrogen-bond acceptors (Lipinski definition) is 5. The number of ether oxygens (including phenoxy) is 2. The molecule has 0 aliphatic carbocycles. The van der Waals surface area contributed by atoms with Crippen molar-refractivity contribution in [2.24, 2.45) is 0 Å². The van der Waals surface area contributed by atoms with Gasteiger partial charge in [-0.05, 0) is 17.7 Å². The lowest BCUT2D eigenvalue weighted by atomic mass is 10.1. The molecular formula is C18H14BrNO4. The molecule has 3 aromatic rings. The molecule has 0 fully saturated rings. The third kappa shape index (κ3) is 3.33. The molecule has 0 bridgehead atoms. The fourth-order valence-electron chi connectivity index (χ4n) is 2.30. The van der Waals surface area contributed by atoms with Gasteiger partial charge in [-0.2, -0.15) is 0 Å². The zero-order chi connectivity index (χ0) is 17.1. The third-order valence-corrected chi connectivity index (χ3v) is 3.91. The van der Waals surface area contributed by atoms with Gasteiger partial charge in [-0.25, -0.2) is 9.78 Å². The van der Waals surface area contributed by atoms with Crippen molar-refractivity contribution in [1.82, 2.24) is 4.98 Å². The standard InChI is InChI=1S/C18H14BrNO4/c1-23-18(22)14-9-15(21)13-7-12(19)8-16(17(13)20-14)24-10-11-5-3-2-4-6-11/h2-9H,10H2,1H3,(H,20,21). The number of carbonyl (C=O) groups is 1. The van der Waals surface area contributed by atoms with Crippen molar-refractivity contribution in [2.75, 3.05) is 7.11 Å². The van der Waals surface area contributed by atoms with Crippen molar-refractivity contribution in [2.45, 2.75) is 6.61 Å². The molecular weight excluding hydrogens is 374 g/mol. The van der Waals surface area contributed by atoms with Gasteiger partial charge in [0.15, 0.2) is 5.69 Å². The number of rotatable bonds is 4. The van der Waals surface area contributed by atoms with Crippen LogP contribution >= 0.6 is 15.9 Å². The Morgan fingerprint density at radius 2 is 1.96 bits per heavy atom. The van der Waals surface area contributed by atoms with Crippen molar-refractivity contribution in [3.63, 3.8) is 0 Å². The second-order valence-electron chi connectivity index (χ2n) is 5.09. The van der Waals surface area contributed by atoms with Crippen LogP contribution in [0.25, 0.3) is 10.9 Å². The van der Waals surface area contributed by atoms with Crippen LogP contribution in [-0.4, -0.2) is 23.2 Å². The van der Waals surface area contributed by atoms with Gasteiger partial charge in [0.25, 0.3) is 0 Å². The fourth-order valence-corrected chi connectivity index (χ4v) is 2.74. The normalized spacial score (nSPS) is 10.6. The molecule has 0 radical (unpaired) electrons. The summed E-state index contributed by atoms with van der Waals surface area (Å²) in [7, 11) is 1.26. The molecule has 0 aliphatic rings. The van der Waals surface area contributed by atoms with Gasteiger partial charge in [0, 0.05) is 15.9 Å². The Morgan fingerprint density at radius 3 is 2.67 bits per heavy atom. The number of aromatic nitrogens is 1. The first-order chi connectivity index (χ1) is 11.6. The second kappa shape index (κ2) is 6.88.